The van der Waals surface area contributed by atoms with Gasteiger partial charge in [-0.2, -0.15) is 0 Å². The van der Waals surface area contributed by atoms with Crippen LogP contribution in [0.1, 0.15) is 24.0 Å². The van der Waals surface area contributed by atoms with Gasteiger partial charge in [0.05, 0.1) is 6.10 Å². The Morgan fingerprint density at radius 1 is 1.19 bits per heavy atom. The lowest BCUT2D eigenvalue weighted by molar-refractivity contribution is -0.00271. The van der Waals surface area contributed by atoms with Crippen LogP contribution in [-0.4, -0.2) is 40.3 Å². The Bertz CT molecular complexity index is 658. The summed E-state index contributed by atoms with van der Waals surface area (Å²) < 4.78 is 11.0. The van der Waals surface area contributed by atoms with Crippen LogP contribution in [0.5, 0.6) is 11.5 Å². The highest BCUT2D eigenvalue weighted by atomic mass is 16.7. The first kappa shape index (κ1) is 12.0. The monoisotopic (exact) mass is 287 g/mol. The molecule has 2 bridgehead atoms. The van der Waals surface area contributed by atoms with Gasteiger partial charge >= 0.3 is 0 Å². The van der Waals surface area contributed by atoms with Crippen LogP contribution < -0.4 is 9.47 Å². The van der Waals surface area contributed by atoms with Crippen molar-refractivity contribution in [3.63, 3.8) is 0 Å². The summed E-state index contributed by atoms with van der Waals surface area (Å²) in [4.78, 5) is 2.11. The molecule has 21 heavy (non-hydrogen) atoms. The van der Waals surface area contributed by atoms with Gasteiger partial charge in [0.25, 0.3) is 0 Å². The maximum Gasteiger partial charge on any atom is 0.231 e. The van der Waals surface area contributed by atoms with Crippen LogP contribution in [0.4, 0.5) is 0 Å². The first-order chi connectivity index (χ1) is 10.2. The fraction of sp³-hybridized carbons (Fsp3) is 0.500. The Hall–Kier alpha value is -1.56. The summed E-state index contributed by atoms with van der Waals surface area (Å²) >= 11 is 0. The van der Waals surface area contributed by atoms with Crippen LogP contribution in [0.2, 0.25) is 0 Å². The molecule has 0 amide bonds. The second-order valence-corrected chi connectivity index (χ2v) is 6.44. The minimum Gasteiger partial charge on any atom is -0.454 e. The molecule has 2 unspecified atom stereocenters. The number of hydrogen-bond acceptors (Lipinski definition) is 5. The van der Waals surface area contributed by atoms with Crippen LogP contribution in [0.3, 0.4) is 0 Å². The van der Waals surface area contributed by atoms with Crippen molar-refractivity contribution in [2.24, 2.45) is 0 Å². The van der Waals surface area contributed by atoms with Crippen LogP contribution in [0.15, 0.2) is 24.3 Å². The Morgan fingerprint density at radius 2 is 2.00 bits per heavy atom. The van der Waals surface area contributed by atoms with Crippen LogP contribution in [0, 0.1) is 0 Å². The lowest BCUT2D eigenvalue weighted by Crippen LogP contribution is -2.50. The van der Waals surface area contributed by atoms with Gasteiger partial charge < -0.3 is 19.7 Å². The summed E-state index contributed by atoms with van der Waals surface area (Å²) in [6.07, 6.45) is 4.41. The highest BCUT2D eigenvalue weighted by Gasteiger charge is 2.56. The summed E-state index contributed by atoms with van der Waals surface area (Å²) in [5, 5.41) is 20.4. The summed E-state index contributed by atoms with van der Waals surface area (Å²) in [7, 11) is 0. The van der Waals surface area contributed by atoms with Gasteiger partial charge in [0.2, 0.25) is 6.79 Å². The van der Waals surface area contributed by atoms with Gasteiger partial charge in [-0.15, -0.1) is 0 Å². The van der Waals surface area contributed by atoms with E-state index in [4.69, 9.17) is 9.47 Å². The third-order valence-electron chi connectivity index (χ3n) is 5.43. The largest absolute Gasteiger partial charge is 0.454 e. The molecule has 1 aliphatic carbocycles. The molecule has 0 saturated carbocycles. The number of aliphatic hydroxyl groups excluding tert-OH is 2. The van der Waals surface area contributed by atoms with E-state index in [1.54, 1.807) is 0 Å². The third kappa shape index (κ3) is 1.41. The summed E-state index contributed by atoms with van der Waals surface area (Å²) in [5.74, 6) is 1.58. The van der Waals surface area contributed by atoms with E-state index >= 15 is 0 Å². The molecule has 1 aromatic carbocycles. The minimum absolute atomic E-state index is 0.153. The van der Waals surface area contributed by atoms with Gasteiger partial charge in [0, 0.05) is 24.4 Å². The molecular formula is C16H17NO4. The first-order valence-electron chi connectivity index (χ1n) is 7.42. The molecule has 3 aliphatic heterocycles. The minimum atomic E-state index is -0.464. The van der Waals surface area contributed by atoms with E-state index in [0.717, 1.165) is 11.5 Å². The molecule has 5 nitrogen and oxygen atoms in total. The summed E-state index contributed by atoms with van der Waals surface area (Å²) in [6.45, 7) is 0.968. The molecule has 1 saturated heterocycles. The Morgan fingerprint density at radius 3 is 2.86 bits per heavy atom. The van der Waals surface area contributed by atoms with Crippen molar-refractivity contribution in [3.8, 4) is 11.5 Å². The van der Waals surface area contributed by atoms with E-state index in [9.17, 15) is 10.2 Å². The maximum absolute atomic E-state index is 10.4. The molecule has 110 valence electrons. The van der Waals surface area contributed by atoms with Crippen molar-refractivity contribution in [1.29, 1.82) is 0 Å². The normalized spacial score (nSPS) is 41.8. The zero-order valence-electron chi connectivity index (χ0n) is 11.5. The second kappa shape index (κ2) is 3.80. The topological polar surface area (TPSA) is 62.2 Å². The number of rotatable bonds is 0. The van der Waals surface area contributed by atoms with Gasteiger partial charge in [-0.25, -0.2) is 0 Å². The van der Waals surface area contributed by atoms with Gasteiger partial charge in [0.1, 0.15) is 6.23 Å². The number of hydrogen-bond donors (Lipinski definition) is 2. The molecule has 0 spiro atoms. The van der Waals surface area contributed by atoms with Crippen molar-refractivity contribution in [2.75, 3.05) is 6.79 Å². The number of aliphatic hydroxyl groups is 2. The lowest BCUT2D eigenvalue weighted by Gasteiger charge is -2.45. The molecule has 4 aliphatic rings. The number of nitrogens with zero attached hydrogens (tertiary/aromatic N) is 1. The molecule has 5 rings (SSSR count). The number of ether oxygens (including phenoxy) is 2. The second-order valence-electron chi connectivity index (χ2n) is 6.44. The molecule has 3 heterocycles. The van der Waals surface area contributed by atoms with Crippen LogP contribution in [0.25, 0.3) is 0 Å². The molecule has 1 aromatic rings. The molecular weight excluding hydrogens is 270 g/mol. The van der Waals surface area contributed by atoms with Crippen molar-refractivity contribution < 1.29 is 19.7 Å². The smallest absolute Gasteiger partial charge is 0.231 e. The van der Waals surface area contributed by atoms with Crippen LogP contribution >= 0.6 is 0 Å². The molecule has 5 atom stereocenters. The van der Waals surface area contributed by atoms with E-state index < -0.39 is 12.3 Å². The van der Waals surface area contributed by atoms with E-state index in [2.05, 4.69) is 17.0 Å². The highest BCUT2D eigenvalue weighted by Crippen LogP contribution is 2.54. The van der Waals surface area contributed by atoms with Gasteiger partial charge in [-0.1, -0.05) is 12.2 Å². The zero-order chi connectivity index (χ0) is 14.2. The highest BCUT2D eigenvalue weighted by molar-refractivity contribution is 5.55. The van der Waals surface area contributed by atoms with Crippen molar-refractivity contribution >= 4 is 0 Å². The Kier molecular flexibility index (Phi) is 2.17. The average molecular weight is 287 g/mol. The Balaban J connectivity index is 1.74. The fourth-order valence-corrected chi connectivity index (χ4v) is 4.51. The van der Waals surface area contributed by atoms with E-state index in [-0.39, 0.29) is 18.2 Å². The maximum atomic E-state index is 10.4. The number of fused-ring (bicyclic) bond motifs is 2. The standard InChI is InChI=1S/C16H17NO4/c18-10-1-2-16-6-15(19)17(14(16)4-10)7-9-3-12-13(5-11(9)16)21-8-20-12/h1-3,5,10,14-15,18-19H,4,6-8H2/t10-,14+,15-,16?/m1/s1. The molecule has 0 radical (unpaired) electrons. The van der Waals surface area contributed by atoms with Gasteiger partial charge in [0.15, 0.2) is 11.5 Å². The third-order valence-corrected chi connectivity index (χ3v) is 5.43. The molecule has 1 fully saturated rings. The van der Waals surface area contributed by atoms with Gasteiger partial charge in [-0.05, 0) is 29.7 Å². The molecule has 2 N–H and O–H groups in total. The van der Waals surface area contributed by atoms with Crippen molar-refractivity contribution in [3.05, 3.63) is 35.4 Å². The number of benzene rings is 1. The van der Waals surface area contributed by atoms with Gasteiger partial charge in [-0.3, -0.25) is 4.90 Å². The Labute approximate surface area is 122 Å². The van der Waals surface area contributed by atoms with Crippen molar-refractivity contribution in [1.82, 2.24) is 4.90 Å². The predicted molar refractivity (Wildman–Crippen MR) is 74.0 cm³/mol. The predicted octanol–water partition coefficient (Wildman–Crippen LogP) is 0.880. The first-order valence-corrected chi connectivity index (χ1v) is 7.42. The average Bonchev–Trinajstić information content (AvgIpc) is 2.99. The lowest BCUT2D eigenvalue weighted by atomic mass is 9.66. The fourth-order valence-electron chi connectivity index (χ4n) is 4.51. The van der Waals surface area contributed by atoms with E-state index in [1.807, 2.05) is 12.1 Å². The summed E-state index contributed by atoms with van der Waals surface area (Å²) in [6, 6.07) is 4.27. The molecule has 0 aromatic heterocycles. The van der Waals surface area contributed by atoms with E-state index in [0.29, 0.717) is 19.4 Å². The van der Waals surface area contributed by atoms with Crippen LogP contribution in [-0.2, 0) is 12.0 Å². The quantitative estimate of drug-likeness (QED) is 0.694. The van der Waals surface area contributed by atoms with E-state index in [1.165, 1.54) is 11.1 Å². The van der Waals surface area contributed by atoms with Crippen molar-refractivity contribution in [2.45, 2.75) is 43.2 Å². The molecule has 5 heteroatoms. The SMILES string of the molecule is O[C@@H]1C=CC23C[C@@H](O)N(Cc4cc5c(cc42)OCO5)[C@H]3C1. The summed E-state index contributed by atoms with van der Waals surface area (Å²) in [5.41, 5.74) is 2.19. The zero-order valence-corrected chi connectivity index (χ0v) is 11.5.